The van der Waals surface area contributed by atoms with Crippen LogP contribution in [0.4, 0.5) is 19.0 Å². The number of rotatable bonds is 4. The Bertz CT molecular complexity index is 1110. The van der Waals surface area contributed by atoms with Crippen LogP contribution in [0.15, 0.2) is 67.0 Å². The number of halogens is 3. The van der Waals surface area contributed by atoms with E-state index in [9.17, 15) is 13.2 Å². The van der Waals surface area contributed by atoms with Gasteiger partial charge in [0, 0.05) is 18.0 Å². The fourth-order valence-corrected chi connectivity index (χ4v) is 2.82. The summed E-state index contributed by atoms with van der Waals surface area (Å²) in [5.41, 5.74) is 0.202. The first-order valence-electron chi connectivity index (χ1n) is 8.45. The SMILES string of the molecule is FC(F)(F)c1ccccc1-c1nc(NCc2ccccn2)c2cccnc2n1. The molecule has 8 heteroatoms. The Labute approximate surface area is 158 Å². The molecule has 0 aliphatic rings. The molecule has 0 spiro atoms. The molecule has 4 rings (SSSR count). The standard InChI is InChI=1S/C20H14F3N5/c21-20(22,23)16-9-2-1-7-14(16)19-27-17-15(8-5-11-25-17)18(28-19)26-12-13-6-3-4-10-24-13/h1-11H,12H2,(H,25,26,27,28). The fraction of sp³-hybridized carbons (Fsp3) is 0.100. The Morgan fingerprint density at radius 3 is 2.39 bits per heavy atom. The number of fused-ring (bicyclic) bond motifs is 1. The first-order valence-corrected chi connectivity index (χ1v) is 8.45. The number of benzene rings is 1. The van der Waals surface area contributed by atoms with Crippen molar-refractivity contribution in [3.8, 4) is 11.4 Å². The molecule has 0 amide bonds. The van der Waals surface area contributed by atoms with E-state index < -0.39 is 11.7 Å². The maximum atomic E-state index is 13.4. The Morgan fingerprint density at radius 2 is 1.61 bits per heavy atom. The molecule has 5 nitrogen and oxygen atoms in total. The second-order valence-corrected chi connectivity index (χ2v) is 5.99. The predicted molar refractivity (Wildman–Crippen MR) is 99.3 cm³/mol. The molecule has 1 N–H and O–H groups in total. The largest absolute Gasteiger partial charge is 0.417 e. The molecule has 1 aromatic carbocycles. The zero-order chi connectivity index (χ0) is 19.6. The monoisotopic (exact) mass is 381 g/mol. The van der Waals surface area contributed by atoms with Crippen molar-refractivity contribution in [1.82, 2.24) is 19.9 Å². The topological polar surface area (TPSA) is 63.6 Å². The van der Waals surface area contributed by atoms with Gasteiger partial charge in [-0.15, -0.1) is 0 Å². The van der Waals surface area contributed by atoms with Crippen LogP contribution in [0.5, 0.6) is 0 Å². The third-order valence-corrected chi connectivity index (χ3v) is 4.11. The fourth-order valence-electron chi connectivity index (χ4n) is 2.82. The highest BCUT2D eigenvalue weighted by molar-refractivity contribution is 5.88. The van der Waals surface area contributed by atoms with Crippen molar-refractivity contribution in [2.24, 2.45) is 0 Å². The molecule has 0 saturated heterocycles. The van der Waals surface area contributed by atoms with Crippen molar-refractivity contribution in [2.45, 2.75) is 12.7 Å². The van der Waals surface area contributed by atoms with Gasteiger partial charge in [-0.05, 0) is 30.3 Å². The summed E-state index contributed by atoms with van der Waals surface area (Å²) >= 11 is 0. The Morgan fingerprint density at radius 1 is 0.821 bits per heavy atom. The normalized spacial score (nSPS) is 11.5. The van der Waals surface area contributed by atoms with Crippen LogP contribution in [0.3, 0.4) is 0 Å². The zero-order valence-electron chi connectivity index (χ0n) is 14.5. The van der Waals surface area contributed by atoms with E-state index in [2.05, 4.69) is 25.3 Å². The van der Waals surface area contributed by atoms with Gasteiger partial charge in [0.2, 0.25) is 0 Å². The second kappa shape index (κ2) is 7.22. The van der Waals surface area contributed by atoms with Crippen LogP contribution >= 0.6 is 0 Å². The van der Waals surface area contributed by atoms with Crippen LogP contribution < -0.4 is 5.32 Å². The minimum atomic E-state index is -4.51. The number of anilines is 1. The van der Waals surface area contributed by atoms with Crippen molar-refractivity contribution in [2.75, 3.05) is 5.32 Å². The first kappa shape index (κ1) is 17.8. The lowest BCUT2D eigenvalue weighted by molar-refractivity contribution is -0.137. The zero-order valence-corrected chi connectivity index (χ0v) is 14.5. The number of nitrogens with one attached hydrogen (secondary N) is 1. The molecule has 0 unspecified atom stereocenters. The lowest BCUT2D eigenvalue weighted by atomic mass is 10.1. The van der Waals surface area contributed by atoms with Crippen LogP contribution in [0.25, 0.3) is 22.4 Å². The number of pyridine rings is 2. The van der Waals surface area contributed by atoms with Crippen molar-refractivity contribution in [1.29, 1.82) is 0 Å². The van der Waals surface area contributed by atoms with Crippen molar-refractivity contribution < 1.29 is 13.2 Å². The molecular weight excluding hydrogens is 367 g/mol. The summed E-state index contributed by atoms with van der Waals surface area (Å²) in [5.74, 6) is 0.360. The summed E-state index contributed by atoms with van der Waals surface area (Å²) in [6.07, 6.45) is -1.31. The molecular formula is C20H14F3N5. The maximum absolute atomic E-state index is 13.4. The van der Waals surface area contributed by atoms with E-state index in [1.54, 1.807) is 24.4 Å². The van der Waals surface area contributed by atoms with Gasteiger partial charge in [0.1, 0.15) is 5.82 Å². The molecule has 140 valence electrons. The number of alkyl halides is 3. The van der Waals surface area contributed by atoms with Gasteiger partial charge in [0.05, 0.1) is 23.2 Å². The lowest BCUT2D eigenvalue weighted by Gasteiger charge is -2.14. The average Bonchev–Trinajstić information content (AvgIpc) is 2.72. The van der Waals surface area contributed by atoms with Gasteiger partial charge >= 0.3 is 6.18 Å². The van der Waals surface area contributed by atoms with Crippen LogP contribution in [-0.4, -0.2) is 19.9 Å². The quantitative estimate of drug-likeness (QED) is 0.554. The van der Waals surface area contributed by atoms with Crippen molar-refractivity contribution >= 4 is 16.9 Å². The van der Waals surface area contributed by atoms with Gasteiger partial charge in [0.15, 0.2) is 11.5 Å². The van der Waals surface area contributed by atoms with Crippen LogP contribution in [0, 0.1) is 0 Å². The third-order valence-electron chi connectivity index (χ3n) is 4.11. The lowest BCUT2D eigenvalue weighted by Crippen LogP contribution is -2.10. The Kier molecular flexibility index (Phi) is 4.60. The van der Waals surface area contributed by atoms with Gasteiger partial charge in [-0.25, -0.2) is 15.0 Å². The number of aromatic nitrogens is 4. The van der Waals surface area contributed by atoms with Gasteiger partial charge in [-0.3, -0.25) is 4.98 Å². The van der Waals surface area contributed by atoms with E-state index in [0.717, 1.165) is 11.8 Å². The average molecular weight is 381 g/mol. The van der Waals surface area contributed by atoms with Crippen molar-refractivity contribution in [3.05, 3.63) is 78.2 Å². The molecule has 4 aromatic rings. The van der Waals surface area contributed by atoms with Crippen LogP contribution in [-0.2, 0) is 12.7 Å². The number of hydrogen-bond donors (Lipinski definition) is 1. The highest BCUT2D eigenvalue weighted by atomic mass is 19.4. The van der Waals surface area contributed by atoms with Gasteiger partial charge < -0.3 is 5.32 Å². The Hall–Kier alpha value is -3.55. The van der Waals surface area contributed by atoms with Gasteiger partial charge in [-0.1, -0.05) is 24.3 Å². The van der Waals surface area contributed by atoms with E-state index in [1.165, 1.54) is 24.4 Å². The molecule has 0 radical (unpaired) electrons. The predicted octanol–water partition coefficient (Wildman–Crippen LogP) is 4.72. The summed E-state index contributed by atoms with van der Waals surface area (Å²) in [7, 11) is 0. The van der Waals surface area contributed by atoms with E-state index in [-0.39, 0.29) is 11.4 Å². The van der Waals surface area contributed by atoms with Crippen LogP contribution in [0.2, 0.25) is 0 Å². The summed E-state index contributed by atoms with van der Waals surface area (Å²) in [4.78, 5) is 17.0. The number of nitrogens with zero attached hydrogens (tertiary/aromatic N) is 4. The Balaban J connectivity index is 1.81. The highest BCUT2D eigenvalue weighted by Crippen LogP contribution is 2.36. The van der Waals surface area contributed by atoms with E-state index >= 15 is 0 Å². The molecule has 0 fully saturated rings. The summed E-state index contributed by atoms with van der Waals surface area (Å²) in [6.45, 7) is 0.363. The molecule has 0 aliphatic carbocycles. The van der Waals surface area contributed by atoms with Crippen molar-refractivity contribution in [3.63, 3.8) is 0 Å². The highest BCUT2D eigenvalue weighted by Gasteiger charge is 2.34. The smallest absolute Gasteiger partial charge is 0.364 e. The molecule has 0 atom stereocenters. The van der Waals surface area contributed by atoms with E-state index in [4.69, 9.17) is 0 Å². The maximum Gasteiger partial charge on any atom is 0.417 e. The summed E-state index contributed by atoms with van der Waals surface area (Å²) in [6, 6.07) is 14.2. The first-order chi connectivity index (χ1) is 13.5. The molecule has 28 heavy (non-hydrogen) atoms. The third kappa shape index (κ3) is 3.62. The second-order valence-electron chi connectivity index (χ2n) is 5.99. The van der Waals surface area contributed by atoms with Gasteiger partial charge in [-0.2, -0.15) is 13.2 Å². The summed E-state index contributed by atoms with van der Waals surface area (Å²) in [5, 5.41) is 3.75. The minimum Gasteiger partial charge on any atom is -0.364 e. The minimum absolute atomic E-state index is 0.0392. The number of hydrogen-bond acceptors (Lipinski definition) is 5. The van der Waals surface area contributed by atoms with Gasteiger partial charge in [0.25, 0.3) is 0 Å². The summed E-state index contributed by atoms with van der Waals surface area (Å²) < 4.78 is 40.3. The van der Waals surface area contributed by atoms with Crippen LogP contribution in [0.1, 0.15) is 11.3 Å². The van der Waals surface area contributed by atoms with E-state index in [0.29, 0.717) is 23.4 Å². The molecule has 0 aliphatic heterocycles. The molecule has 3 aromatic heterocycles. The molecule has 3 heterocycles. The molecule has 0 saturated carbocycles. The molecule has 0 bridgehead atoms. The van der Waals surface area contributed by atoms with E-state index in [1.807, 2.05) is 12.1 Å².